The van der Waals surface area contributed by atoms with E-state index >= 15 is 0 Å². The highest BCUT2D eigenvalue weighted by Gasteiger charge is 2.46. The van der Waals surface area contributed by atoms with Crippen LogP contribution in [0.25, 0.3) is 17.0 Å². The summed E-state index contributed by atoms with van der Waals surface area (Å²) in [4.78, 5) is 4.75. The van der Waals surface area contributed by atoms with Gasteiger partial charge in [-0.1, -0.05) is 42.5 Å². The van der Waals surface area contributed by atoms with Crippen molar-refractivity contribution in [3.05, 3.63) is 69.5 Å². The van der Waals surface area contributed by atoms with E-state index in [4.69, 9.17) is 19.2 Å². The highest BCUT2D eigenvalue weighted by molar-refractivity contribution is 6.11. The van der Waals surface area contributed by atoms with Gasteiger partial charge < -0.3 is 29.5 Å². The quantitative estimate of drug-likeness (QED) is 0.547. The van der Waals surface area contributed by atoms with Crippen LogP contribution in [0.15, 0.2) is 53.5 Å². The molecular formula is C22H21NO6. The minimum absolute atomic E-state index is 0.375. The van der Waals surface area contributed by atoms with Crippen molar-refractivity contribution < 1.29 is 29.5 Å². The Morgan fingerprint density at radius 2 is 1.66 bits per heavy atom. The normalized spacial score (nSPS) is 29.9. The second-order valence-electron chi connectivity index (χ2n) is 7.25. The molecule has 0 unspecified atom stereocenters. The SMILES string of the molecule is CO[C@H]1[C@H](O)[C@@H](O)[C@@H](OC2=c3ccccc3=C3N=c4ccccc4=C32)O[C@@H]1CO. The van der Waals surface area contributed by atoms with Crippen molar-refractivity contribution in [2.75, 3.05) is 13.7 Å². The van der Waals surface area contributed by atoms with E-state index in [0.717, 1.165) is 32.3 Å². The van der Waals surface area contributed by atoms with Crippen molar-refractivity contribution >= 4 is 17.0 Å². The maximum atomic E-state index is 10.6. The lowest BCUT2D eigenvalue weighted by Crippen LogP contribution is -2.59. The monoisotopic (exact) mass is 395 g/mol. The summed E-state index contributed by atoms with van der Waals surface area (Å²) < 4.78 is 17.1. The third-order valence-corrected chi connectivity index (χ3v) is 5.62. The number of benzene rings is 2. The number of ether oxygens (including phenoxy) is 3. The summed E-state index contributed by atoms with van der Waals surface area (Å²) in [5.41, 5.74) is 1.65. The summed E-state index contributed by atoms with van der Waals surface area (Å²) in [7, 11) is 1.39. The molecule has 2 aromatic carbocycles. The molecule has 5 rings (SSSR count). The second-order valence-corrected chi connectivity index (χ2v) is 7.25. The first kappa shape index (κ1) is 18.5. The minimum Gasteiger partial charge on any atom is -0.461 e. The Bertz CT molecular complexity index is 1200. The van der Waals surface area contributed by atoms with Crippen LogP contribution in [0, 0.1) is 0 Å². The maximum absolute atomic E-state index is 10.6. The van der Waals surface area contributed by atoms with Crippen molar-refractivity contribution in [2.24, 2.45) is 4.99 Å². The number of hydrogen-bond acceptors (Lipinski definition) is 7. The lowest BCUT2D eigenvalue weighted by atomic mass is 9.99. The first-order valence-electron chi connectivity index (χ1n) is 9.48. The van der Waals surface area contributed by atoms with Crippen molar-refractivity contribution in [1.82, 2.24) is 0 Å². The molecule has 1 fully saturated rings. The van der Waals surface area contributed by atoms with Crippen molar-refractivity contribution in [2.45, 2.75) is 30.7 Å². The topological polar surface area (TPSA) is 101 Å². The van der Waals surface area contributed by atoms with Gasteiger partial charge in [0.1, 0.15) is 30.2 Å². The predicted molar refractivity (Wildman–Crippen MR) is 103 cm³/mol. The Morgan fingerprint density at radius 3 is 2.38 bits per heavy atom. The minimum atomic E-state index is -1.35. The molecule has 2 aliphatic heterocycles. The van der Waals surface area contributed by atoms with Crippen LogP contribution < -0.4 is 21.0 Å². The van der Waals surface area contributed by atoms with E-state index in [2.05, 4.69) is 0 Å². The van der Waals surface area contributed by atoms with Crippen LogP contribution in [0.2, 0.25) is 0 Å². The Morgan fingerprint density at radius 1 is 0.966 bits per heavy atom. The Kier molecular flexibility index (Phi) is 4.49. The third kappa shape index (κ3) is 2.74. The first-order valence-corrected chi connectivity index (χ1v) is 9.48. The zero-order valence-electron chi connectivity index (χ0n) is 15.7. The second kappa shape index (κ2) is 7.05. The van der Waals surface area contributed by atoms with Gasteiger partial charge in [0.15, 0.2) is 0 Å². The molecule has 3 aliphatic rings. The van der Waals surface area contributed by atoms with Crippen molar-refractivity contribution in [3.8, 4) is 0 Å². The number of aliphatic hydroxyl groups is 3. The van der Waals surface area contributed by atoms with E-state index in [9.17, 15) is 15.3 Å². The molecular weight excluding hydrogens is 374 g/mol. The largest absolute Gasteiger partial charge is 0.461 e. The summed E-state index contributed by atoms with van der Waals surface area (Å²) in [6.07, 6.45) is -5.46. The number of methoxy groups -OCH3 is 1. The van der Waals surface area contributed by atoms with Crippen LogP contribution in [-0.2, 0) is 14.2 Å². The molecule has 0 amide bonds. The van der Waals surface area contributed by atoms with Gasteiger partial charge in [-0.05, 0) is 6.07 Å². The average molecular weight is 395 g/mol. The number of rotatable bonds is 4. The van der Waals surface area contributed by atoms with E-state index in [1.807, 2.05) is 48.5 Å². The van der Waals surface area contributed by atoms with Crippen LogP contribution in [0.4, 0.5) is 0 Å². The van der Waals surface area contributed by atoms with Gasteiger partial charge >= 0.3 is 0 Å². The Labute approximate surface area is 166 Å². The van der Waals surface area contributed by atoms with Crippen LogP contribution in [0.3, 0.4) is 0 Å². The number of nitrogens with zero attached hydrogens (tertiary/aromatic N) is 1. The average Bonchev–Trinajstić information content (AvgIpc) is 3.27. The first-order chi connectivity index (χ1) is 14.1. The highest BCUT2D eigenvalue weighted by atomic mass is 16.7. The molecule has 1 aliphatic carbocycles. The maximum Gasteiger partial charge on any atom is 0.229 e. The smallest absolute Gasteiger partial charge is 0.229 e. The summed E-state index contributed by atoms with van der Waals surface area (Å²) in [5, 5.41) is 34.2. The van der Waals surface area contributed by atoms with Crippen molar-refractivity contribution in [3.63, 3.8) is 0 Å². The van der Waals surface area contributed by atoms with Gasteiger partial charge in [-0.15, -0.1) is 0 Å². The van der Waals surface area contributed by atoms with Crippen LogP contribution in [0.1, 0.15) is 0 Å². The Balaban J connectivity index is 1.62. The molecule has 7 heteroatoms. The molecule has 150 valence electrons. The fraction of sp³-hybridized carbons (Fsp3) is 0.318. The molecule has 0 saturated carbocycles. The molecule has 7 nitrogen and oxygen atoms in total. The molecule has 2 aromatic rings. The van der Waals surface area contributed by atoms with Gasteiger partial charge in [0.05, 0.1) is 23.2 Å². The van der Waals surface area contributed by atoms with E-state index in [-0.39, 0.29) is 6.61 Å². The third-order valence-electron chi connectivity index (χ3n) is 5.62. The zero-order chi connectivity index (χ0) is 20.1. The van der Waals surface area contributed by atoms with E-state index in [1.54, 1.807) is 0 Å². The fourth-order valence-corrected chi connectivity index (χ4v) is 4.21. The summed E-state index contributed by atoms with van der Waals surface area (Å²) in [5.74, 6) is 0.535. The summed E-state index contributed by atoms with van der Waals surface area (Å²) in [6.45, 7) is -0.375. The predicted octanol–water partition coefficient (Wildman–Crippen LogP) is -2.13. The van der Waals surface area contributed by atoms with Gasteiger partial charge in [-0.3, -0.25) is 0 Å². The molecule has 3 N–H and O–H groups in total. The van der Waals surface area contributed by atoms with Crippen LogP contribution in [0.5, 0.6) is 0 Å². The molecule has 0 spiro atoms. The number of fused-ring (bicyclic) bond motifs is 3. The van der Waals surface area contributed by atoms with E-state index in [0.29, 0.717) is 5.76 Å². The van der Waals surface area contributed by atoms with Gasteiger partial charge in [0.2, 0.25) is 6.29 Å². The summed E-state index contributed by atoms with van der Waals surface area (Å²) in [6, 6.07) is 15.5. The summed E-state index contributed by atoms with van der Waals surface area (Å²) >= 11 is 0. The van der Waals surface area contributed by atoms with Crippen LogP contribution in [-0.4, -0.2) is 59.7 Å². The molecule has 5 atom stereocenters. The fourth-order valence-electron chi connectivity index (χ4n) is 4.21. The van der Waals surface area contributed by atoms with Crippen molar-refractivity contribution in [1.29, 1.82) is 0 Å². The van der Waals surface area contributed by atoms with Gasteiger partial charge in [-0.25, -0.2) is 4.99 Å². The molecule has 0 aromatic heterocycles. The number of aliphatic hydroxyl groups excluding tert-OH is 3. The van der Waals surface area contributed by atoms with E-state index in [1.165, 1.54) is 7.11 Å². The molecule has 1 saturated heterocycles. The zero-order valence-corrected chi connectivity index (χ0v) is 15.7. The van der Waals surface area contributed by atoms with E-state index < -0.39 is 30.7 Å². The molecule has 29 heavy (non-hydrogen) atoms. The van der Waals surface area contributed by atoms with Gasteiger partial charge in [0, 0.05) is 22.8 Å². The highest BCUT2D eigenvalue weighted by Crippen LogP contribution is 2.31. The lowest BCUT2D eigenvalue weighted by Gasteiger charge is -2.41. The van der Waals surface area contributed by atoms with Gasteiger partial charge in [-0.2, -0.15) is 0 Å². The van der Waals surface area contributed by atoms with Crippen LogP contribution >= 0.6 is 0 Å². The Hall–Kier alpha value is -2.55. The van der Waals surface area contributed by atoms with Gasteiger partial charge in [0.25, 0.3) is 0 Å². The molecule has 0 bridgehead atoms. The number of hydrogen-bond donors (Lipinski definition) is 3. The number of para-hydroxylation sites is 1. The molecule has 0 radical (unpaired) electrons. The lowest BCUT2D eigenvalue weighted by molar-refractivity contribution is -0.288. The standard InChI is InChI=1S/C22H21NO6/c1-27-21-15(10-24)28-22(19(26)18(21)25)29-20-12-7-3-2-6-11(12)17-16(20)13-8-4-5-9-14(13)23-17/h2-9,15,18-19,21-22,24-26H,10H2,1H3/t15-,18-,19-,21-,22-/m1/s1. The molecule has 2 heterocycles.